The van der Waals surface area contributed by atoms with E-state index < -0.39 is 326 Å². The molecule has 0 saturated carbocycles. The number of nitrogens with one attached hydrogen (secondary N) is 2. The lowest BCUT2D eigenvalue weighted by Gasteiger charge is -2.46. The first-order valence-corrected chi connectivity index (χ1v) is 29.9. The number of aromatic amines is 2. The first-order valence-electron chi connectivity index (χ1n) is 29.9. The molecule has 1 aliphatic carbocycles. The van der Waals surface area contributed by atoms with Gasteiger partial charge in [0.25, 0.3) is 0 Å². The van der Waals surface area contributed by atoms with Crippen LogP contribution in [0.25, 0.3) is 78.9 Å². The van der Waals surface area contributed by atoms with Crippen molar-refractivity contribution in [1.29, 1.82) is 0 Å². The SMILES string of the molecule is Fc1c2c(c(F)c(C(F)(C(F)(F)F)C(F)(F)F)c1C(F)(C(F)(F)F)C(F)(F)F)-c1nc-2nc2[nH]c(nc3nc(nc4[nH]c(n1)c1c(F)c(C(F)(C(F)(F)F)C(F)(F)F)c(C(F)(C(F)(F)F)C(F)(F)F)c(F)c41)-c1c(F)c(C(F)(C(F)(F)F)C(F)(F)F)c(C(F)(C(F)(F)F)C(F)(F)F)c(F)c1-3)c1c2C(F)(C(F)(C(F)(F)F)C(F)(F)F)C=CC1(F)C(F)(C(F)(F)F)C(F)(F)F. The van der Waals surface area contributed by atoms with Crippen LogP contribution >= 0.6 is 0 Å². The summed E-state index contributed by atoms with van der Waals surface area (Å²) in [6.07, 6.45) is -152. The van der Waals surface area contributed by atoms with Gasteiger partial charge >= 0.3 is 144 Å². The lowest BCUT2D eigenvalue weighted by atomic mass is 9.67. The maximum absolute atomic E-state index is 18.3. The fraction of sp³-hybridized carbons (Fsp3) is 0.464. The van der Waals surface area contributed by atoms with Crippen LogP contribution in [0.3, 0.4) is 0 Å². The zero-order chi connectivity index (χ0) is 100. The van der Waals surface area contributed by atoms with Crippen molar-refractivity contribution in [1.82, 2.24) is 39.9 Å². The van der Waals surface area contributed by atoms with Crippen molar-refractivity contribution in [3.8, 4) is 45.6 Å². The quantitative estimate of drug-likeness (QED) is 0.116. The van der Waals surface area contributed by atoms with Crippen molar-refractivity contribution >= 4 is 33.4 Å². The Morgan fingerprint density at radius 1 is 0.188 bits per heavy atom. The minimum Gasteiger partial charge on any atom is -0.324 e. The second-order valence-electron chi connectivity index (χ2n) is 25.7. The van der Waals surface area contributed by atoms with E-state index in [0.717, 1.165) is 0 Å². The highest BCUT2D eigenvalue weighted by atomic mass is 19.5. The van der Waals surface area contributed by atoms with Crippen LogP contribution < -0.4 is 0 Å². The summed E-state index contributed by atoms with van der Waals surface area (Å²) in [5.74, 6) is -51.5. The van der Waals surface area contributed by atoms with E-state index in [0.29, 0.717) is 0 Å². The molecule has 9 rings (SSSR count). The molecule has 2 unspecified atom stereocenters. The molecule has 72 heteroatoms. The van der Waals surface area contributed by atoms with Crippen molar-refractivity contribution in [3.63, 3.8) is 0 Å². The second-order valence-corrected chi connectivity index (χ2v) is 25.7. The number of rotatable bonds is 8. The summed E-state index contributed by atoms with van der Waals surface area (Å²) in [4.78, 5) is 10.2. The normalized spacial score (nSPS) is 18.2. The molecule has 3 aromatic heterocycles. The summed E-state index contributed by atoms with van der Waals surface area (Å²) in [6, 6.07) is 0. The summed E-state index contributed by atoms with van der Waals surface area (Å²) in [5, 5.41) is -9.05. The highest BCUT2D eigenvalue weighted by Gasteiger charge is 2.90. The van der Waals surface area contributed by atoms with Gasteiger partial charge in [-0.25, -0.2) is 100 Å². The number of hydrogen-bond donors (Lipinski definition) is 2. The first-order chi connectivity index (χ1) is 56.0. The van der Waals surface area contributed by atoms with Crippen molar-refractivity contribution in [2.75, 3.05) is 0 Å². The molecule has 0 radical (unpaired) electrons. The van der Waals surface area contributed by atoms with Crippen LogP contribution in [-0.2, 0) is 45.4 Å². The van der Waals surface area contributed by atoms with E-state index in [-0.39, 0.29) is 9.97 Å². The number of aromatic nitrogens is 8. The minimum absolute atomic E-state index is 0.108. The molecule has 716 valence electrons. The van der Waals surface area contributed by atoms with Crippen molar-refractivity contribution in [2.45, 2.75) is 156 Å². The molecule has 3 aromatic carbocycles. The Kier molecular flexibility index (Phi) is 21.7. The smallest absolute Gasteiger partial charge is 0.324 e. The Morgan fingerprint density at radius 2 is 0.328 bits per heavy atom. The van der Waals surface area contributed by atoms with Gasteiger partial charge in [-0.15, -0.1) is 0 Å². The predicted molar refractivity (Wildman–Crippen MR) is 274 cm³/mol. The maximum atomic E-state index is 18.3. The van der Waals surface area contributed by atoms with E-state index >= 15 is 123 Å². The minimum atomic E-state index is -9.31. The van der Waals surface area contributed by atoms with Crippen LogP contribution in [0, 0.1) is 34.9 Å². The summed E-state index contributed by atoms with van der Waals surface area (Å²) >= 11 is 0. The Morgan fingerprint density at radius 3 is 0.477 bits per heavy atom. The van der Waals surface area contributed by atoms with Crippen LogP contribution in [0.2, 0.25) is 0 Å². The number of H-pyrrole nitrogens is 2. The van der Waals surface area contributed by atoms with Gasteiger partial charge in [-0.3, -0.25) is 0 Å². The predicted octanol–water partition coefficient (Wildman–Crippen LogP) is 25.9. The first kappa shape index (κ1) is 102. The molecule has 0 fully saturated rings. The molecule has 8 nitrogen and oxygen atoms in total. The molecule has 8 bridgehead atoms. The topological polar surface area (TPSA) is 109 Å². The third-order valence-electron chi connectivity index (χ3n) is 18.6. The van der Waals surface area contributed by atoms with Gasteiger partial charge in [-0.2, -0.15) is 211 Å². The number of hydrogen-bond acceptors (Lipinski definition) is 6. The van der Waals surface area contributed by atoms with Gasteiger partial charge in [-0.1, -0.05) is 0 Å². The molecule has 2 aliphatic heterocycles. The molecule has 128 heavy (non-hydrogen) atoms. The molecule has 0 saturated heterocycles. The maximum Gasteiger partial charge on any atom is 0.436 e. The summed E-state index contributed by atoms with van der Waals surface area (Å²) in [5.41, 5.74) is -174. The van der Waals surface area contributed by atoms with Crippen molar-refractivity contribution < 1.29 is 281 Å². The Bertz CT molecular complexity index is 5300. The third-order valence-corrected chi connectivity index (χ3v) is 18.6. The van der Waals surface area contributed by atoms with Crippen LogP contribution in [0.1, 0.15) is 44.5 Å². The van der Waals surface area contributed by atoms with Gasteiger partial charge in [0.05, 0.1) is 77.5 Å². The molecule has 0 spiro atoms. The largest absolute Gasteiger partial charge is 0.436 e. The molecule has 0 amide bonds. The summed E-state index contributed by atoms with van der Waals surface area (Å²) < 4.78 is 995. The highest BCUT2D eigenvalue weighted by molar-refractivity contribution is 6.07. The van der Waals surface area contributed by atoms with Gasteiger partial charge in [0, 0.05) is 0 Å². The number of benzene rings is 3. The number of allylic oxidation sites excluding steroid dienone is 2. The van der Waals surface area contributed by atoms with Crippen molar-refractivity contribution in [2.24, 2.45) is 0 Å². The number of fused-ring (bicyclic) bond motifs is 20. The van der Waals surface area contributed by atoms with Crippen LogP contribution in [0.15, 0.2) is 12.2 Å². The molecular formula is C56H4F64N8. The van der Waals surface area contributed by atoms with Gasteiger partial charge in [0.15, 0.2) is 23.3 Å². The fourth-order valence-electron chi connectivity index (χ4n) is 13.0. The monoisotopic (exact) mass is 2000 g/mol. The Labute approximate surface area is 647 Å². The number of nitrogens with zero attached hydrogens (tertiary/aromatic N) is 6. The molecule has 6 aromatic rings. The van der Waals surface area contributed by atoms with E-state index in [1.165, 1.54) is 0 Å². The lowest BCUT2D eigenvalue weighted by Crippen LogP contribution is -2.68. The van der Waals surface area contributed by atoms with E-state index in [4.69, 9.17) is 0 Å². The fourth-order valence-corrected chi connectivity index (χ4v) is 13.0. The average Bonchev–Trinajstić information content (AvgIpc) is 1.40. The number of alkyl halides is 58. The molecule has 2 N–H and O–H groups in total. The van der Waals surface area contributed by atoms with E-state index in [9.17, 15) is 158 Å². The summed E-state index contributed by atoms with van der Waals surface area (Å²) in [7, 11) is 0. The molecule has 5 heterocycles. The zero-order valence-corrected chi connectivity index (χ0v) is 56.0. The van der Waals surface area contributed by atoms with Crippen LogP contribution in [0.4, 0.5) is 281 Å². The van der Waals surface area contributed by atoms with Gasteiger partial charge in [0.1, 0.15) is 57.5 Å². The highest BCUT2D eigenvalue weighted by Crippen LogP contribution is 2.72. The van der Waals surface area contributed by atoms with Gasteiger partial charge in [-0.05, 0) is 12.2 Å². The van der Waals surface area contributed by atoms with E-state index in [1.54, 1.807) is 9.97 Å². The second kappa shape index (κ2) is 27.3. The lowest BCUT2D eigenvalue weighted by molar-refractivity contribution is -0.379. The Balaban J connectivity index is 1.95. The third kappa shape index (κ3) is 12.7. The van der Waals surface area contributed by atoms with Crippen LogP contribution in [0.5, 0.6) is 0 Å². The van der Waals surface area contributed by atoms with Crippen LogP contribution in [-0.4, -0.2) is 150 Å². The molecule has 3 aliphatic rings. The van der Waals surface area contributed by atoms with E-state index in [2.05, 4.69) is 0 Å². The number of halogens is 64. The summed E-state index contributed by atoms with van der Waals surface area (Å²) in [6.45, 7) is 0. The molecular weight excluding hydrogens is 2000 g/mol. The van der Waals surface area contributed by atoms with E-state index in [1.807, 2.05) is 19.9 Å². The van der Waals surface area contributed by atoms with Crippen molar-refractivity contribution in [3.05, 3.63) is 91.6 Å². The average molecular weight is 2000 g/mol. The van der Waals surface area contributed by atoms with Gasteiger partial charge < -0.3 is 9.97 Å². The van der Waals surface area contributed by atoms with Gasteiger partial charge in [0.2, 0.25) is 11.3 Å². The standard InChI is InChI=1S/C56H4F64N8/c57-17-3-4(18(58)10(34(66,43(79,80)81)44(82,83)84)9(17)33(65,41(73,74)75)42(76,77)78)24-121-23(3)122-25-5-7(21(61)13(37(69,49(97,98)99)50(100,101)102)11(19(5)59)35(67,45(85,86)87)46(88,89)90)27(124-25)126-29-15-16(32(64,40(72,55(115,116)117)56(118,119)120)2-1-31(15,63)39(71,53(109,110)111)54(112,113)114)30(128-29)127-28-8-6(26(123-24)125-28)20(60)12(36(68,47(91,92)93)48(94,95)96)14(22(8)62)38(70,51(103,104)105)52(106,107)108/h1-2H,(H2,121,122,123,124,125,126,127,128). The Hall–Kier alpha value is -9.98. The molecule has 2 atom stereocenters. The zero-order valence-electron chi connectivity index (χ0n) is 56.0.